The molecular formula is C15H22N4S. The normalized spacial score (nSPS) is 10.6. The Morgan fingerprint density at radius 3 is 2.85 bits per heavy atom. The average molecular weight is 290 g/mol. The molecule has 2 aromatic rings. The molecule has 5 heteroatoms. The average Bonchev–Trinajstić information content (AvgIpc) is 2.89. The lowest BCUT2D eigenvalue weighted by molar-refractivity contribution is 0.803. The number of anilines is 2. The first kappa shape index (κ1) is 14.8. The standard InChI is InChI=1S/C15H22N4S/c1-4-9-16-15-14(17-18-20-15)11-19(5-2)13-8-6-7-12(3)10-13/h6-8,10,16H,4-5,9,11H2,1-3H3. The van der Waals surface area contributed by atoms with E-state index in [9.17, 15) is 0 Å². The van der Waals surface area contributed by atoms with E-state index in [0.717, 1.165) is 36.8 Å². The van der Waals surface area contributed by atoms with Gasteiger partial charge in [0, 0.05) is 30.3 Å². The fourth-order valence-corrected chi connectivity index (χ4v) is 2.67. The predicted octanol–water partition coefficient (Wildman–Crippen LogP) is 3.69. The molecule has 0 fully saturated rings. The van der Waals surface area contributed by atoms with Crippen LogP contribution in [0, 0.1) is 6.92 Å². The molecule has 1 N–H and O–H groups in total. The number of aromatic nitrogens is 2. The lowest BCUT2D eigenvalue weighted by atomic mass is 10.2. The molecule has 20 heavy (non-hydrogen) atoms. The van der Waals surface area contributed by atoms with Crippen LogP contribution in [0.4, 0.5) is 10.7 Å². The van der Waals surface area contributed by atoms with E-state index in [1.165, 1.54) is 22.8 Å². The third kappa shape index (κ3) is 3.70. The van der Waals surface area contributed by atoms with Crippen LogP contribution in [-0.4, -0.2) is 22.7 Å². The first-order valence-corrected chi connectivity index (χ1v) is 7.88. The van der Waals surface area contributed by atoms with E-state index in [4.69, 9.17) is 0 Å². The Balaban J connectivity index is 2.12. The molecule has 2 rings (SSSR count). The smallest absolute Gasteiger partial charge is 0.135 e. The number of hydrogen-bond acceptors (Lipinski definition) is 5. The summed E-state index contributed by atoms with van der Waals surface area (Å²) in [5.74, 6) is 0. The zero-order valence-corrected chi connectivity index (χ0v) is 13.2. The molecular weight excluding hydrogens is 268 g/mol. The van der Waals surface area contributed by atoms with E-state index in [1.54, 1.807) is 0 Å². The molecule has 0 saturated carbocycles. The summed E-state index contributed by atoms with van der Waals surface area (Å²) in [6.45, 7) is 9.16. The second kappa shape index (κ2) is 7.24. The van der Waals surface area contributed by atoms with Gasteiger partial charge in [0.15, 0.2) is 0 Å². The van der Waals surface area contributed by atoms with Crippen molar-refractivity contribution in [2.45, 2.75) is 33.7 Å². The summed E-state index contributed by atoms with van der Waals surface area (Å²) < 4.78 is 4.08. The molecule has 4 nitrogen and oxygen atoms in total. The third-order valence-corrected chi connectivity index (χ3v) is 3.91. The van der Waals surface area contributed by atoms with Gasteiger partial charge >= 0.3 is 0 Å². The quantitative estimate of drug-likeness (QED) is 0.844. The van der Waals surface area contributed by atoms with Gasteiger partial charge < -0.3 is 10.2 Å². The van der Waals surface area contributed by atoms with E-state index in [0.29, 0.717) is 0 Å². The predicted molar refractivity (Wildman–Crippen MR) is 86.6 cm³/mol. The summed E-state index contributed by atoms with van der Waals surface area (Å²) in [7, 11) is 0. The Labute approximate surface area is 125 Å². The maximum absolute atomic E-state index is 4.27. The molecule has 0 aliphatic rings. The summed E-state index contributed by atoms with van der Waals surface area (Å²) in [5, 5.41) is 8.77. The minimum absolute atomic E-state index is 0.794. The monoisotopic (exact) mass is 290 g/mol. The molecule has 108 valence electrons. The molecule has 0 radical (unpaired) electrons. The Hall–Kier alpha value is -1.62. The van der Waals surface area contributed by atoms with Gasteiger partial charge in [0.2, 0.25) is 0 Å². The molecule has 0 unspecified atom stereocenters. The van der Waals surface area contributed by atoms with E-state index in [-0.39, 0.29) is 0 Å². The van der Waals surface area contributed by atoms with Gasteiger partial charge in [0.1, 0.15) is 10.7 Å². The van der Waals surface area contributed by atoms with Gasteiger partial charge in [-0.05, 0) is 38.0 Å². The molecule has 0 spiro atoms. The van der Waals surface area contributed by atoms with Gasteiger partial charge in [-0.2, -0.15) is 0 Å². The first-order chi connectivity index (χ1) is 9.74. The summed E-state index contributed by atoms with van der Waals surface area (Å²) in [6, 6.07) is 8.58. The molecule has 0 aliphatic heterocycles. The van der Waals surface area contributed by atoms with Gasteiger partial charge in [0.05, 0.1) is 6.54 Å². The summed E-state index contributed by atoms with van der Waals surface area (Å²) in [5.41, 5.74) is 3.55. The van der Waals surface area contributed by atoms with Crippen LogP contribution in [-0.2, 0) is 6.54 Å². The van der Waals surface area contributed by atoms with Crippen molar-refractivity contribution in [1.29, 1.82) is 0 Å². The SMILES string of the molecule is CCCNc1snnc1CN(CC)c1cccc(C)c1. The summed E-state index contributed by atoms with van der Waals surface area (Å²) >= 11 is 1.44. The Kier molecular flexibility index (Phi) is 5.35. The van der Waals surface area contributed by atoms with Crippen molar-refractivity contribution < 1.29 is 0 Å². The molecule has 0 aliphatic carbocycles. The molecule has 1 aromatic heterocycles. The molecule has 1 heterocycles. The molecule has 1 aromatic carbocycles. The summed E-state index contributed by atoms with van der Waals surface area (Å²) in [6.07, 6.45) is 1.10. The second-order valence-corrected chi connectivity index (χ2v) is 5.58. The topological polar surface area (TPSA) is 41.1 Å². The van der Waals surface area contributed by atoms with Crippen LogP contribution in [0.25, 0.3) is 0 Å². The van der Waals surface area contributed by atoms with Crippen molar-refractivity contribution in [2.24, 2.45) is 0 Å². The van der Waals surface area contributed by atoms with Crippen molar-refractivity contribution >= 4 is 22.2 Å². The number of aryl methyl sites for hydroxylation is 1. The fourth-order valence-electron chi connectivity index (χ4n) is 2.08. The van der Waals surface area contributed by atoms with Crippen molar-refractivity contribution in [3.05, 3.63) is 35.5 Å². The van der Waals surface area contributed by atoms with Crippen LogP contribution in [0.2, 0.25) is 0 Å². The molecule has 0 bridgehead atoms. The van der Waals surface area contributed by atoms with Crippen LogP contribution in [0.15, 0.2) is 24.3 Å². The first-order valence-electron chi connectivity index (χ1n) is 7.11. The summed E-state index contributed by atoms with van der Waals surface area (Å²) in [4.78, 5) is 2.32. The van der Waals surface area contributed by atoms with Crippen LogP contribution in [0.5, 0.6) is 0 Å². The van der Waals surface area contributed by atoms with E-state index in [2.05, 4.69) is 64.8 Å². The van der Waals surface area contributed by atoms with Crippen LogP contribution in [0.3, 0.4) is 0 Å². The zero-order valence-electron chi connectivity index (χ0n) is 12.4. The highest BCUT2D eigenvalue weighted by Gasteiger charge is 2.12. The van der Waals surface area contributed by atoms with Gasteiger partial charge in [-0.15, -0.1) is 5.10 Å². The van der Waals surface area contributed by atoms with Gasteiger partial charge in [-0.25, -0.2) is 0 Å². The Bertz CT molecular complexity index is 538. The van der Waals surface area contributed by atoms with E-state index >= 15 is 0 Å². The minimum Gasteiger partial charge on any atom is -0.374 e. The van der Waals surface area contributed by atoms with Crippen molar-refractivity contribution in [2.75, 3.05) is 23.3 Å². The third-order valence-electron chi connectivity index (χ3n) is 3.18. The molecule has 0 atom stereocenters. The van der Waals surface area contributed by atoms with Gasteiger partial charge in [-0.3, -0.25) is 0 Å². The lowest BCUT2D eigenvalue weighted by Crippen LogP contribution is -2.23. The number of benzene rings is 1. The highest BCUT2D eigenvalue weighted by atomic mass is 32.1. The van der Waals surface area contributed by atoms with Gasteiger partial charge in [0.25, 0.3) is 0 Å². The van der Waals surface area contributed by atoms with Crippen molar-refractivity contribution in [3.63, 3.8) is 0 Å². The Morgan fingerprint density at radius 2 is 2.15 bits per heavy atom. The van der Waals surface area contributed by atoms with Crippen LogP contribution < -0.4 is 10.2 Å². The van der Waals surface area contributed by atoms with E-state index in [1.807, 2.05) is 0 Å². The van der Waals surface area contributed by atoms with E-state index < -0.39 is 0 Å². The lowest BCUT2D eigenvalue weighted by Gasteiger charge is -2.22. The highest BCUT2D eigenvalue weighted by Crippen LogP contribution is 2.23. The van der Waals surface area contributed by atoms with Crippen molar-refractivity contribution in [3.8, 4) is 0 Å². The number of nitrogens with zero attached hydrogens (tertiary/aromatic N) is 3. The fraction of sp³-hybridized carbons (Fsp3) is 0.467. The molecule has 0 amide bonds. The minimum atomic E-state index is 0.794. The van der Waals surface area contributed by atoms with Crippen molar-refractivity contribution in [1.82, 2.24) is 9.59 Å². The second-order valence-electron chi connectivity index (χ2n) is 4.83. The maximum atomic E-state index is 4.27. The number of nitrogens with one attached hydrogen (secondary N) is 1. The molecule has 0 saturated heterocycles. The van der Waals surface area contributed by atoms with Gasteiger partial charge in [-0.1, -0.05) is 23.5 Å². The maximum Gasteiger partial charge on any atom is 0.135 e. The highest BCUT2D eigenvalue weighted by molar-refractivity contribution is 7.10. The zero-order chi connectivity index (χ0) is 14.4. The van der Waals surface area contributed by atoms with Crippen LogP contribution in [0.1, 0.15) is 31.5 Å². The largest absolute Gasteiger partial charge is 0.374 e. The van der Waals surface area contributed by atoms with Crippen LogP contribution >= 0.6 is 11.5 Å². The number of hydrogen-bond donors (Lipinski definition) is 1. The Morgan fingerprint density at radius 1 is 1.30 bits per heavy atom. The number of rotatable bonds is 7.